The van der Waals surface area contributed by atoms with Gasteiger partial charge in [-0.25, -0.2) is 9.13 Å². The Morgan fingerprint density at radius 1 is 0.307 bits per heavy atom. The fraction of sp³-hybridized carbons (Fsp3) is 0.942. The average molecular weight is 1300 g/mol. The number of esters is 4. The predicted molar refractivity (Wildman–Crippen MR) is 354 cm³/mol. The van der Waals surface area contributed by atoms with Crippen LogP contribution >= 0.6 is 15.6 Å². The minimum atomic E-state index is -4.95. The largest absolute Gasteiger partial charge is 0.472 e. The van der Waals surface area contributed by atoms with Crippen LogP contribution in [0.2, 0.25) is 0 Å². The number of unbranched alkanes of at least 4 members (excludes halogenated alkanes) is 38. The second kappa shape index (κ2) is 61.3. The number of phosphoric ester groups is 2. The quantitative estimate of drug-likeness (QED) is 0.0222. The molecule has 0 rings (SSSR count). The molecule has 17 nitrogen and oxygen atoms in total. The Balaban J connectivity index is 5.23. The van der Waals surface area contributed by atoms with Crippen LogP contribution < -0.4 is 0 Å². The lowest BCUT2D eigenvalue weighted by molar-refractivity contribution is -0.161. The molecule has 88 heavy (non-hydrogen) atoms. The van der Waals surface area contributed by atoms with Crippen molar-refractivity contribution in [3.05, 3.63) is 0 Å². The molecule has 0 bridgehead atoms. The summed E-state index contributed by atoms with van der Waals surface area (Å²) >= 11 is 0. The van der Waals surface area contributed by atoms with Crippen molar-refractivity contribution in [1.29, 1.82) is 0 Å². The van der Waals surface area contributed by atoms with E-state index in [2.05, 4.69) is 41.5 Å². The first-order chi connectivity index (χ1) is 42.4. The molecule has 0 saturated heterocycles. The van der Waals surface area contributed by atoms with Crippen LogP contribution in [-0.4, -0.2) is 96.7 Å². The second-order valence-corrected chi connectivity index (χ2v) is 28.8. The molecule has 0 heterocycles. The zero-order valence-corrected chi connectivity index (χ0v) is 58.8. The zero-order valence-electron chi connectivity index (χ0n) is 57.0. The van der Waals surface area contributed by atoms with Crippen LogP contribution in [0.4, 0.5) is 0 Å². The van der Waals surface area contributed by atoms with E-state index < -0.39 is 97.5 Å². The summed E-state index contributed by atoms with van der Waals surface area (Å²) in [5.41, 5.74) is 0. The molecule has 3 N–H and O–H groups in total. The zero-order chi connectivity index (χ0) is 65.0. The first-order valence-electron chi connectivity index (χ1n) is 36.0. The molecule has 0 amide bonds. The van der Waals surface area contributed by atoms with E-state index >= 15 is 0 Å². The van der Waals surface area contributed by atoms with E-state index in [9.17, 15) is 43.2 Å². The van der Waals surface area contributed by atoms with Gasteiger partial charge in [0, 0.05) is 25.7 Å². The fourth-order valence-electron chi connectivity index (χ4n) is 10.4. The van der Waals surface area contributed by atoms with Gasteiger partial charge < -0.3 is 33.8 Å². The summed E-state index contributed by atoms with van der Waals surface area (Å²) in [7, 11) is -9.89. The highest BCUT2D eigenvalue weighted by atomic mass is 31.2. The first-order valence-corrected chi connectivity index (χ1v) is 39.0. The highest BCUT2D eigenvalue weighted by molar-refractivity contribution is 7.47. The smallest absolute Gasteiger partial charge is 0.462 e. The molecule has 0 fully saturated rings. The fourth-order valence-corrected chi connectivity index (χ4v) is 12.0. The molecule has 19 heteroatoms. The number of rotatable bonds is 68. The average Bonchev–Trinajstić information content (AvgIpc) is 3.57. The SMILES string of the molecule is CCCCCCCCCCCCC(=O)OC[C@H](COP(=O)(O)OC[C@H](O)COP(=O)(O)OC[C@@H](COC(=O)CCCCCCCCCCCC(C)C)OC(=O)CCCCCCCCCCCCCCCC(C)C)OC(=O)CCCCCCCCCCCC. The lowest BCUT2D eigenvalue weighted by Crippen LogP contribution is -2.30. The maximum Gasteiger partial charge on any atom is 0.472 e. The Kier molecular flexibility index (Phi) is 59.9. The van der Waals surface area contributed by atoms with Gasteiger partial charge in [-0.3, -0.25) is 37.3 Å². The Morgan fingerprint density at radius 2 is 0.523 bits per heavy atom. The topological polar surface area (TPSA) is 237 Å². The standard InChI is InChI=1S/C69H134O17P2/c1-7-9-11-13-15-17-27-33-39-45-51-66(71)79-57-64(85-68(73)53-47-41-35-28-18-16-14-12-10-8-2)59-83-87(75,76)81-55-63(70)56-82-88(77,78)84-60-65(58-80-67(72)52-46-40-34-30-24-26-32-38-44-50-62(5)6)86-69(74)54-48-42-36-29-23-21-19-20-22-25-31-37-43-49-61(3)4/h61-65,70H,7-60H2,1-6H3,(H,75,76)(H,77,78)/t63-,64+,65+/m0/s1. The third-order valence-electron chi connectivity index (χ3n) is 16.0. The van der Waals surface area contributed by atoms with Gasteiger partial charge in [-0.1, -0.05) is 298 Å². The van der Waals surface area contributed by atoms with Crippen LogP contribution in [0.5, 0.6) is 0 Å². The van der Waals surface area contributed by atoms with Crippen molar-refractivity contribution >= 4 is 39.5 Å². The Hall–Kier alpha value is -1.94. The molecule has 0 spiro atoms. The molecule has 0 radical (unpaired) electrons. The van der Waals surface area contributed by atoms with Crippen LogP contribution in [0.15, 0.2) is 0 Å². The van der Waals surface area contributed by atoms with E-state index in [0.29, 0.717) is 25.7 Å². The third kappa shape index (κ3) is 62.8. The van der Waals surface area contributed by atoms with Crippen molar-refractivity contribution in [2.45, 2.75) is 368 Å². The predicted octanol–water partition coefficient (Wildman–Crippen LogP) is 19.6. The van der Waals surface area contributed by atoms with Crippen LogP contribution in [-0.2, 0) is 65.4 Å². The molecule has 2 unspecified atom stereocenters. The van der Waals surface area contributed by atoms with Gasteiger partial charge in [0.15, 0.2) is 12.2 Å². The summed E-state index contributed by atoms with van der Waals surface area (Å²) in [5.74, 6) is -0.595. The van der Waals surface area contributed by atoms with E-state index in [1.807, 2.05) is 0 Å². The monoisotopic (exact) mass is 1300 g/mol. The van der Waals surface area contributed by atoms with Gasteiger partial charge >= 0.3 is 39.5 Å². The van der Waals surface area contributed by atoms with E-state index in [1.54, 1.807) is 0 Å². The van der Waals surface area contributed by atoms with Crippen LogP contribution in [0.1, 0.15) is 350 Å². The molecule has 5 atom stereocenters. The summed E-state index contributed by atoms with van der Waals surface area (Å²) in [6, 6.07) is 0. The lowest BCUT2D eigenvalue weighted by Gasteiger charge is -2.21. The lowest BCUT2D eigenvalue weighted by atomic mass is 10.0. The van der Waals surface area contributed by atoms with E-state index in [0.717, 1.165) is 102 Å². The van der Waals surface area contributed by atoms with Crippen LogP contribution in [0.25, 0.3) is 0 Å². The van der Waals surface area contributed by atoms with E-state index in [1.165, 1.54) is 167 Å². The minimum Gasteiger partial charge on any atom is -0.462 e. The summed E-state index contributed by atoms with van der Waals surface area (Å²) in [6.07, 6.45) is 45.7. The van der Waals surface area contributed by atoms with Crippen molar-refractivity contribution < 1.29 is 80.2 Å². The van der Waals surface area contributed by atoms with Gasteiger partial charge in [0.2, 0.25) is 0 Å². The summed E-state index contributed by atoms with van der Waals surface area (Å²) < 4.78 is 68.2. The Labute approximate surface area is 537 Å². The molecular weight excluding hydrogens is 1160 g/mol. The van der Waals surface area contributed by atoms with Gasteiger partial charge in [0.1, 0.15) is 19.3 Å². The van der Waals surface area contributed by atoms with Crippen molar-refractivity contribution in [3.63, 3.8) is 0 Å². The highest BCUT2D eigenvalue weighted by Crippen LogP contribution is 2.45. The van der Waals surface area contributed by atoms with Gasteiger partial charge in [0.05, 0.1) is 26.4 Å². The van der Waals surface area contributed by atoms with Crippen molar-refractivity contribution in [3.8, 4) is 0 Å². The maximum absolute atomic E-state index is 13.0. The van der Waals surface area contributed by atoms with E-state index in [4.69, 9.17) is 37.0 Å². The van der Waals surface area contributed by atoms with Crippen LogP contribution in [0.3, 0.4) is 0 Å². The van der Waals surface area contributed by atoms with Gasteiger partial charge in [-0.2, -0.15) is 0 Å². The normalized spacial score (nSPS) is 14.2. The molecule has 0 aromatic rings. The number of carbonyl (C=O) groups is 4. The number of hydrogen-bond acceptors (Lipinski definition) is 15. The molecule has 0 aliphatic carbocycles. The number of hydrogen-bond donors (Lipinski definition) is 3. The number of phosphoric acid groups is 2. The molecule has 0 aromatic carbocycles. The van der Waals surface area contributed by atoms with Crippen LogP contribution in [0, 0.1) is 11.8 Å². The van der Waals surface area contributed by atoms with Crippen molar-refractivity contribution in [2.24, 2.45) is 11.8 Å². The maximum atomic E-state index is 13.0. The van der Waals surface area contributed by atoms with Gasteiger partial charge in [0.25, 0.3) is 0 Å². The van der Waals surface area contributed by atoms with Crippen molar-refractivity contribution in [1.82, 2.24) is 0 Å². The van der Waals surface area contributed by atoms with E-state index in [-0.39, 0.29) is 25.7 Å². The summed E-state index contributed by atoms with van der Waals surface area (Å²) in [4.78, 5) is 72.4. The molecule has 522 valence electrons. The molecule has 0 saturated carbocycles. The third-order valence-corrected chi connectivity index (χ3v) is 17.9. The minimum absolute atomic E-state index is 0.106. The van der Waals surface area contributed by atoms with Gasteiger partial charge in [-0.05, 0) is 37.5 Å². The Bertz CT molecular complexity index is 1720. The number of carbonyl (C=O) groups excluding carboxylic acids is 4. The second-order valence-electron chi connectivity index (χ2n) is 25.9. The summed E-state index contributed by atoms with van der Waals surface area (Å²) in [6.45, 7) is 9.52. The number of aliphatic hydroxyl groups is 1. The molecule has 0 aromatic heterocycles. The summed E-state index contributed by atoms with van der Waals surface area (Å²) in [5, 5.41) is 10.6. The first kappa shape index (κ1) is 86.1. The van der Waals surface area contributed by atoms with Gasteiger partial charge in [-0.15, -0.1) is 0 Å². The number of ether oxygens (including phenoxy) is 4. The Morgan fingerprint density at radius 3 is 0.773 bits per heavy atom. The molecular formula is C69H134O17P2. The molecule has 0 aliphatic rings. The molecule has 0 aliphatic heterocycles. The highest BCUT2D eigenvalue weighted by Gasteiger charge is 2.30. The number of aliphatic hydroxyl groups excluding tert-OH is 1. The van der Waals surface area contributed by atoms with Crippen molar-refractivity contribution in [2.75, 3.05) is 39.6 Å².